The van der Waals surface area contributed by atoms with E-state index in [4.69, 9.17) is 0 Å². The summed E-state index contributed by atoms with van der Waals surface area (Å²) in [5.74, 6) is -0.195. The Balaban J connectivity index is 1.75. The van der Waals surface area contributed by atoms with E-state index < -0.39 is 0 Å². The fourth-order valence-corrected chi connectivity index (χ4v) is 3.64. The van der Waals surface area contributed by atoms with Gasteiger partial charge in [-0.25, -0.2) is 0 Å². The summed E-state index contributed by atoms with van der Waals surface area (Å²) in [6, 6.07) is 16.1. The Hall–Kier alpha value is -3.08. The molecule has 1 aliphatic heterocycles. The molecule has 4 rings (SSSR count). The smallest absolute Gasteiger partial charge is 0.255 e. The number of amides is 1. The van der Waals surface area contributed by atoms with Gasteiger partial charge in [-0.15, -0.1) is 0 Å². The van der Waals surface area contributed by atoms with Crippen molar-refractivity contribution in [1.82, 2.24) is 4.57 Å². The van der Waals surface area contributed by atoms with Gasteiger partial charge in [-0.3, -0.25) is 14.2 Å². The van der Waals surface area contributed by atoms with Gasteiger partial charge in [0.2, 0.25) is 5.91 Å². The van der Waals surface area contributed by atoms with Crippen molar-refractivity contribution in [3.63, 3.8) is 0 Å². The molecule has 0 spiro atoms. The topological polar surface area (TPSA) is 62.5 Å². The lowest BCUT2D eigenvalue weighted by molar-refractivity contribution is -0.119. The number of aromatic hydroxyl groups is 1. The molecule has 0 aliphatic carbocycles. The first kappa shape index (κ1) is 15.4. The molecular formula is C20H18N2O3. The maximum absolute atomic E-state index is 13.0. The quantitative estimate of drug-likeness (QED) is 0.784. The van der Waals surface area contributed by atoms with Gasteiger partial charge in [0.05, 0.1) is 5.52 Å². The van der Waals surface area contributed by atoms with Crippen LogP contribution in [0.15, 0.2) is 59.4 Å². The fourth-order valence-electron chi connectivity index (χ4n) is 3.64. The summed E-state index contributed by atoms with van der Waals surface area (Å²) in [5, 5.41) is 10.5. The van der Waals surface area contributed by atoms with Crippen molar-refractivity contribution in [2.24, 2.45) is 0 Å². The first-order chi connectivity index (χ1) is 12.1. The Kier molecular flexibility index (Phi) is 3.57. The van der Waals surface area contributed by atoms with Crippen LogP contribution in [0.3, 0.4) is 0 Å². The minimum Gasteiger partial charge on any atom is -0.507 e. The molecule has 126 valence electrons. The summed E-state index contributed by atoms with van der Waals surface area (Å²) in [4.78, 5) is 27.1. The van der Waals surface area contributed by atoms with Gasteiger partial charge in [-0.1, -0.05) is 30.3 Å². The first-order valence-electron chi connectivity index (χ1n) is 8.28. The number of nitrogens with zero attached hydrogens (tertiary/aromatic N) is 2. The number of fused-ring (bicyclic) bond motifs is 2. The lowest BCUT2D eigenvalue weighted by Crippen LogP contribution is -2.39. The van der Waals surface area contributed by atoms with Crippen molar-refractivity contribution in [2.45, 2.75) is 25.9 Å². The van der Waals surface area contributed by atoms with E-state index >= 15 is 0 Å². The minimum atomic E-state index is -0.385. The van der Waals surface area contributed by atoms with Crippen molar-refractivity contribution < 1.29 is 9.90 Å². The number of rotatable bonds is 2. The third kappa shape index (κ3) is 2.48. The number of carbonyl (C=O) groups is 1. The highest BCUT2D eigenvalue weighted by molar-refractivity contribution is 5.97. The normalized spacial score (nSPS) is 16.2. The molecule has 0 fully saturated rings. The zero-order valence-corrected chi connectivity index (χ0v) is 13.8. The van der Waals surface area contributed by atoms with Crippen LogP contribution in [0.4, 0.5) is 5.69 Å². The maximum atomic E-state index is 13.0. The zero-order valence-electron chi connectivity index (χ0n) is 13.8. The van der Waals surface area contributed by atoms with Gasteiger partial charge in [0.1, 0.15) is 12.3 Å². The largest absolute Gasteiger partial charge is 0.507 e. The molecule has 2 heterocycles. The molecule has 1 aliphatic rings. The average molecular weight is 334 g/mol. The molecule has 3 aromatic rings. The van der Waals surface area contributed by atoms with E-state index in [-0.39, 0.29) is 29.8 Å². The molecule has 5 nitrogen and oxygen atoms in total. The Morgan fingerprint density at radius 2 is 1.88 bits per heavy atom. The third-order valence-corrected chi connectivity index (χ3v) is 4.77. The molecule has 25 heavy (non-hydrogen) atoms. The van der Waals surface area contributed by atoms with Crippen LogP contribution in [-0.4, -0.2) is 21.6 Å². The summed E-state index contributed by atoms with van der Waals surface area (Å²) in [6.45, 7) is 1.95. The molecule has 1 atom stereocenters. The maximum Gasteiger partial charge on any atom is 0.255 e. The summed E-state index contributed by atoms with van der Waals surface area (Å²) >= 11 is 0. The second kappa shape index (κ2) is 5.77. The van der Waals surface area contributed by atoms with Crippen molar-refractivity contribution in [1.29, 1.82) is 0 Å². The first-order valence-corrected chi connectivity index (χ1v) is 8.28. The third-order valence-electron chi connectivity index (χ3n) is 4.77. The van der Waals surface area contributed by atoms with Crippen LogP contribution in [0.5, 0.6) is 5.75 Å². The lowest BCUT2D eigenvalue weighted by Gasteiger charge is -2.23. The van der Waals surface area contributed by atoms with E-state index in [1.54, 1.807) is 29.2 Å². The number of benzene rings is 2. The molecule has 0 radical (unpaired) electrons. The van der Waals surface area contributed by atoms with Gasteiger partial charge in [0.15, 0.2) is 0 Å². The molecule has 0 bridgehead atoms. The Morgan fingerprint density at radius 3 is 2.72 bits per heavy atom. The van der Waals surface area contributed by atoms with Gasteiger partial charge in [-0.2, -0.15) is 0 Å². The van der Waals surface area contributed by atoms with E-state index in [0.29, 0.717) is 10.9 Å². The van der Waals surface area contributed by atoms with Gasteiger partial charge in [0, 0.05) is 23.2 Å². The second-order valence-electron chi connectivity index (χ2n) is 6.42. The van der Waals surface area contributed by atoms with Crippen LogP contribution in [0.2, 0.25) is 0 Å². The van der Waals surface area contributed by atoms with Crippen molar-refractivity contribution in [3.8, 4) is 5.75 Å². The van der Waals surface area contributed by atoms with Crippen LogP contribution in [0.25, 0.3) is 10.9 Å². The summed E-state index contributed by atoms with van der Waals surface area (Å²) in [5.41, 5.74) is 2.23. The van der Waals surface area contributed by atoms with E-state index in [2.05, 4.69) is 0 Å². The monoisotopic (exact) mass is 334 g/mol. The van der Waals surface area contributed by atoms with Gasteiger partial charge >= 0.3 is 0 Å². The zero-order chi connectivity index (χ0) is 17.6. The number of pyridine rings is 1. The Bertz CT molecular complexity index is 1040. The molecule has 1 amide bonds. The fraction of sp³-hybridized carbons (Fsp3) is 0.200. The molecule has 0 saturated carbocycles. The highest BCUT2D eigenvalue weighted by Gasteiger charge is 2.30. The van der Waals surface area contributed by atoms with Crippen LogP contribution in [0.1, 0.15) is 12.5 Å². The Labute approximate surface area is 144 Å². The number of hydrogen-bond donors (Lipinski definition) is 1. The number of aromatic nitrogens is 1. The average Bonchev–Trinajstić information content (AvgIpc) is 2.94. The highest BCUT2D eigenvalue weighted by Crippen LogP contribution is 2.32. The standard InChI is InChI=1S/C20H18N2O3/c1-13-10-14-6-2-4-8-16(14)22(13)20(25)12-21-17-9-5-3-7-15(17)18(23)11-19(21)24/h2-9,11,13,23H,10,12H2,1H3/t13-/m1/s1. The Morgan fingerprint density at radius 1 is 1.16 bits per heavy atom. The summed E-state index contributed by atoms with van der Waals surface area (Å²) in [6.07, 6.45) is 0.813. The van der Waals surface area contributed by atoms with E-state index in [0.717, 1.165) is 23.7 Å². The molecule has 1 aromatic heterocycles. The van der Waals surface area contributed by atoms with E-state index in [9.17, 15) is 14.7 Å². The van der Waals surface area contributed by atoms with Crippen LogP contribution in [-0.2, 0) is 17.8 Å². The second-order valence-corrected chi connectivity index (χ2v) is 6.42. The number of para-hydroxylation sites is 2. The minimum absolute atomic E-state index is 0.0572. The summed E-state index contributed by atoms with van der Waals surface area (Å²) in [7, 11) is 0. The van der Waals surface area contributed by atoms with Gasteiger partial charge < -0.3 is 10.0 Å². The predicted octanol–water partition coefficient (Wildman–Crippen LogP) is 2.68. The van der Waals surface area contributed by atoms with E-state index in [1.807, 2.05) is 31.2 Å². The number of carbonyl (C=O) groups excluding carboxylic acids is 1. The van der Waals surface area contributed by atoms with Crippen molar-refractivity contribution >= 4 is 22.5 Å². The van der Waals surface area contributed by atoms with Crippen molar-refractivity contribution in [2.75, 3.05) is 4.90 Å². The number of anilines is 1. The van der Waals surface area contributed by atoms with Crippen LogP contribution >= 0.6 is 0 Å². The van der Waals surface area contributed by atoms with Crippen molar-refractivity contribution in [3.05, 3.63) is 70.5 Å². The van der Waals surface area contributed by atoms with Gasteiger partial charge in [-0.05, 0) is 37.1 Å². The SMILES string of the molecule is C[C@@H]1Cc2ccccc2N1C(=O)Cn1c(=O)cc(O)c2ccccc21. The van der Waals surface area contributed by atoms with Crippen LogP contribution in [0, 0.1) is 0 Å². The molecule has 5 heteroatoms. The van der Waals surface area contributed by atoms with Crippen LogP contribution < -0.4 is 10.5 Å². The molecule has 0 saturated heterocycles. The molecule has 0 unspecified atom stereocenters. The van der Waals surface area contributed by atoms with E-state index in [1.165, 1.54) is 4.57 Å². The lowest BCUT2D eigenvalue weighted by atomic mass is 10.1. The predicted molar refractivity (Wildman–Crippen MR) is 97.0 cm³/mol. The highest BCUT2D eigenvalue weighted by atomic mass is 16.3. The van der Waals surface area contributed by atoms with Gasteiger partial charge in [0.25, 0.3) is 5.56 Å². The molecule has 2 aromatic carbocycles. The molecular weight excluding hydrogens is 316 g/mol. The summed E-state index contributed by atoms with van der Waals surface area (Å²) < 4.78 is 1.42. The molecule has 1 N–H and O–H groups in total. The number of hydrogen-bond acceptors (Lipinski definition) is 3.